The van der Waals surface area contributed by atoms with Crippen LogP contribution in [0, 0.1) is 11.3 Å². The molecule has 0 saturated carbocycles. The molecule has 0 N–H and O–H groups in total. The normalized spacial score (nSPS) is 15.6. The lowest BCUT2D eigenvalue weighted by Gasteiger charge is -2.22. The second-order valence-corrected chi connectivity index (χ2v) is 6.19. The number of benzene rings is 2. The maximum Gasteiger partial charge on any atom is 0.119 e. The van der Waals surface area contributed by atoms with Gasteiger partial charge in [-0.1, -0.05) is 36.4 Å². The van der Waals surface area contributed by atoms with Gasteiger partial charge in [-0.05, 0) is 55.0 Å². The fourth-order valence-electron chi connectivity index (χ4n) is 3.08. The first kappa shape index (κ1) is 14.7. The average Bonchev–Trinajstić information content (AvgIpc) is 3.03. The fraction of sp³-hybridized carbons (Fsp3) is 0.350. The summed E-state index contributed by atoms with van der Waals surface area (Å²) in [6, 6.07) is 18.8. The lowest BCUT2D eigenvalue weighted by atomic mass is 9.81. The van der Waals surface area contributed by atoms with Crippen molar-refractivity contribution >= 4 is 0 Å². The molecule has 2 aromatic carbocycles. The number of hydrogen-bond donors (Lipinski definition) is 0. The molecular weight excluding hydrogens is 270 g/mol. The van der Waals surface area contributed by atoms with E-state index in [1.54, 1.807) is 0 Å². The second-order valence-electron chi connectivity index (χ2n) is 6.19. The van der Waals surface area contributed by atoms with E-state index in [-0.39, 0.29) is 0 Å². The Hall–Kier alpha value is -2.27. The maximum atomic E-state index is 9.56. The van der Waals surface area contributed by atoms with E-state index >= 15 is 0 Å². The summed E-state index contributed by atoms with van der Waals surface area (Å²) >= 11 is 0. The van der Waals surface area contributed by atoms with Crippen LogP contribution in [-0.4, -0.2) is 6.61 Å². The van der Waals surface area contributed by atoms with Crippen LogP contribution in [-0.2, 0) is 18.3 Å². The van der Waals surface area contributed by atoms with Crippen molar-refractivity contribution in [1.82, 2.24) is 0 Å². The van der Waals surface area contributed by atoms with Gasteiger partial charge >= 0.3 is 0 Å². The van der Waals surface area contributed by atoms with Crippen molar-refractivity contribution in [2.75, 3.05) is 6.61 Å². The van der Waals surface area contributed by atoms with Crippen LogP contribution < -0.4 is 4.74 Å². The van der Waals surface area contributed by atoms with Crippen LogP contribution in [0.25, 0.3) is 0 Å². The minimum absolute atomic E-state index is 0.502. The summed E-state index contributed by atoms with van der Waals surface area (Å²) in [5.74, 6) is 0.925. The monoisotopic (exact) mass is 291 g/mol. The van der Waals surface area contributed by atoms with Crippen LogP contribution in [0.3, 0.4) is 0 Å². The topological polar surface area (TPSA) is 33.0 Å². The van der Waals surface area contributed by atoms with Gasteiger partial charge in [-0.3, -0.25) is 0 Å². The predicted octanol–water partition coefficient (Wildman–Crippen LogP) is 4.43. The van der Waals surface area contributed by atoms with Gasteiger partial charge in [-0.25, -0.2) is 0 Å². The van der Waals surface area contributed by atoms with Gasteiger partial charge in [0.25, 0.3) is 0 Å². The van der Waals surface area contributed by atoms with Gasteiger partial charge in [-0.15, -0.1) is 0 Å². The van der Waals surface area contributed by atoms with Crippen LogP contribution in [0.4, 0.5) is 0 Å². The van der Waals surface area contributed by atoms with Gasteiger partial charge in [0.2, 0.25) is 0 Å². The zero-order chi connectivity index (χ0) is 15.4. The highest BCUT2D eigenvalue weighted by Gasteiger charge is 2.26. The summed E-state index contributed by atoms with van der Waals surface area (Å²) in [5.41, 5.74) is 3.43. The Kier molecular flexibility index (Phi) is 4.15. The van der Waals surface area contributed by atoms with Crippen molar-refractivity contribution in [3.63, 3.8) is 0 Å². The van der Waals surface area contributed by atoms with Gasteiger partial charge in [0.1, 0.15) is 5.75 Å². The van der Waals surface area contributed by atoms with E-state index in [2.05, 4.69) is 24.3 Å². The van der Waals surface area contributed by atoms with Gasteiger partial charge in [0.05, 0.1) is 18.1 Å². The molecule has 1 atom stereocenters. The van der Waals surface area contributed by atoms with E-state index in [9.17, 15) is 5.26 Å². The molecule has 0 saturated heterocycles. The van der Waals surface area contributed by atoms with Crippen LogP contribution >= 0.6 is 0 Å². The number of nitriles is 1. The highest BCUT2D eigenvalue weighted by molar-refractivity contribution is 5.38. The standard InChI is InChI=1S/C20H21NO/c1-20(15-21,18-8-3-2-4-9-18)12-13-22-19-11-10-16-6-5-7-17(16)14-19/h2-4,8-11,14H,5-7,12-13H2,1H3. The molecule has 0 heterocycles. The summed E-state index contributed by atoms with van der Waals surface area (Å²) in [4.78, 5) is 0. The predicted molar refractivity (Wildman–Crippen MR) is 88.0 cm³/mol. The van der Waals surface area contributed by atoms with Crippen molar-refractivity contribution in [1.29, 1.82) is 5.26 Å². The first-order valence-corrected chi connectivity index (χ1v) is 7.93. The second kappa shape index (κ2) is 6.23. The van der Waals surface area contributed by atoms with Gasteiger partial charge in [0, 0.05) is 6.42 Å². The van der Waals surface area contributed by atoms with Crippen molar-refractivity contribution in [2.24, 2.45) is 0 Å². The van der Waals surface area contributed by atoms with Crippen molar-refractivity contribution in [3.05, 3.63) is 65.2 Å². The van der Waals surface area contributed by atoms with E-state index in [4.69, 9.17) is 4.74 Å². The first-order chi connectivity index (χ1) is 10.7. The van der Waals surface area contributed by atoms with E-state index in [0.717, 1.165) is 17.7 Å². The molecule has 3 rings (SSSR count). The molecule has 0 spiro atoms. The molecule has 1 aliphatic rings. The number of hydrogen-bond acceptors (Lipinski definition) is 2. The van der Waals surface area contributed by atoms with Gasteiger partial charge in [0.15, 0.2) is 0 Å². The van der Waals surface area contributed by atoms with Crippen molar-refractivity contribution in [2.45, 2.75) is 38.0 Å². The largest absolute Gasteiger partial charge is 0.494 e. The van der Waals surface area contributed by atoms with Crippen LogP contribution in [0.5, 0.6) is 5.75 Å². The fourth-order valence-corrected chi connectivity index (χ4v) is 3.08. The summed E-state index contributed by atoms with van der Waals surface area (Å²) < 4.78 is 5.90. The Morgan fingerprint density at radius 1 is 1.09 bits per heavy atom. The number of ether oxygens (including phenoxy) is 1. The van der Waals surface area contributed by atoms with E-state index in [1.807, 2.05) is 37.3 Å². The molecule has 0 aliphatic heterocycles. The first-order valence-electron chi connectivity index (χ1n) is 7.93. The van der Waals surface area contributed by atoms with E-state index < -0.39 is 5.41 Å². The Bertz CT molecular complexity index is 687. The number of aryl methyl sites for hydroxylation is 2. The minimum Gasteiger partial charge on any atom is -0.494 e. The lowest BCUT2D eigenvalue weighted by molar-refractivity contribution is 0.285. The molecule has 2 nitrogen and oxygen atoms in total. The molecule has 0 aromatic heterocycles. The summed E-state index contributed by atoms with van der Waals surface area (Å²) in [5, 5.41) is 9.56. The molecule has 112 valence electrons. The zero-order valence-electron chi connectivity index (χ0n) is 13.0. The summed E-state index contributed by atoms with van der Waals surface area (Å²) in [6.07, 6.45) is 4.28. The van der Waals surface area contributed by atoms with E-state index in [0.29, 0.717) is 13.0 Å². The lowest BCUT2D eigenvalue weighted by Crippen LogP contribution is -2.22. The highest BCUT2D eigenvalue weighted by atomic mass is 16.5. The van der Waals surface area contributed by atoms with Gasteiger partial charge in [-0.2, -0.15) is 5.26 Å². The smallest absolute Gasteiger partial charge is 0.119 e. The molecule has 2 aromatic rings. The average molecular weight is 291 g/mol. The molecule has 1 aliphatic carbocycles. The van der Waals surface area contributed by atoms with Gasteiger partial charge < -0.3 is 4.74 Å². The van der Waals surface area contributed by atoms with Crippen LogP contribution in [0.15, 0.2) is 48.5 Å². The molecule has 0 fully saturated rings. The number of rotatable bonds is 5. The van der Waals surface area contributed by atoms with Crippen molar-refractivity contribution < 1.29 is 4.74 Å². The SMILES string of the molecule is CC(C#N)(CCOc1ccc2c(c1)CCC2)c1ccccc1. The summed E-state index contributed by atoms with van der Waals surface area (Å²) in [6.45, 7) is 2.53. The van der Waals surface area contributed by atoms with Crippen molar-refractivity contribution in [3.8, 4) is 11.8 Å². The molecule has 22 heavy (non-hydrogen) atoms. The highest BCUT2D eigenvalue weighted by Crippen LogP contribution is 2.29. The Balaban J connectivity index is 1.63. The third-order valence-electron chi connectivity index (χ3n) is 4.60. The minimum atomic E-state index is -0.502. The Labute approximate surface area is 132 Å². The zero-order valence-corrected chi connectivity index (χ0v) is 13.0. The molecule has 0 amide bonds. The molecule has 0 bridgehead atoms. The van der Waals surface area contributed by atoms with Crippen LogP contribution in [0.1, 0.15) is 36.5 Å². The molecule has 0 radical (unpaired) electrons. The Morgan fingerprint density at radius 3 is 2.64 bits per heavy atom. The molecule has 1 unspecified atom stereocenters. The molecule has 2 heteroatoms. The van der Waals surface area contributed by atoms with Crippen LogP contribution in [0.2, 0.25) is 0 Å². The third-order valence-corrected chi connectivity index (χ3v) is 4.60. The number of fused-ring (bicyclic) bond motifs is 1. The Morgan fingerprint density at radius 2 is 1.86 bits per heavy atom. The maximum absolute atomic E-state index is 9.56. The molecular formula is C20H21NO. The number of nitrogens with zero attached hydrogens (tertiary/aromatic N) is 1. The van der Waals surface area contributed by atoms with E-state index in [1.165, 1.54) is 24.0 Å². The third kappa shape index (κ3) is 2.99. The summed E-state index contributed by atoms with van der Waals surface area (Å²) in [7, 11) is 0. The quantitative estimate of drug-likeness (QED) is 0.816.